The Morgan fingerprint density at radius 2 is 2.00 bits per heavy atom. The molecule has 0 aromatic rings. The predicted molar refractivity (Wildman–Crippen MR) is 82.5 cm³/mol. The third kappa shape index (κ3) is 5.71. The summed E-state index contributed by atoms with van der Waals surface area (Å²) in [7, 11) is 0. The summed E-state index contributed by atoms with van der Waals surface area (Å²) < 4.78 is 10.8. The molecule has 106 valence electrons. The lowest BCUT2D eigenvalue weighted by Crippen LogP contribution is -2.42. The van der Waals surface area contributed by atoms with Gasteiger partial charge in [-0.05, 0) is 12.8 Å². The summed E-state index contributed by atoms with van der Waals surface area (Å²) in [6, 6.07) is 0.510. The van der Waals surface area contributed by atoms with Gasteiger partial charge in [0.1, 0.15) is 6.10 Å². The van der Waals surface area contributed by atoms with Crippen LogP contribution in [0.4, 0.5) is 0 Å². The van der Waals surface area contributed by atoms with E-state index in [0.717, 1.165) is 0 Å². The first-order valence-corrected chi connectivity index (χ1v) is 6.60. The average Bonchev–Trinajstić information content (AvgIpc) is 2.39. The fraction of sp³-hybridized carbons (Fsp3) is 0.917. The molecule has 6 heteroatoms. The highest BCUT2D eigenvalue weighted by atomic mass is 127. The normalized spacial score (nSPS) is 26.4. The van der Waals surface area contributed by atoms with Crippen molar-refractivity contribution in [3.05, 3.63) is 0 Å². The van der Waals surface area contributed by atoms with E-state index < -0.39 is 0 Å². The van der Waals surface area contributed by atoms with E-state index in [2.05, 4.69) is 10.3 Å². The summed E-state index contributed by atoms with van der Waals surface area (Å²) in [4.78, 5) is 4.32. The van der Waals surface area contributed by atoms with E-state index in [1.165, 1.54) is 32.1 Å². The number of halogens is 1. The first-order chi connectivity index (χ1) is 8.34. The SMILES string of the molecule is I.NC(=NCC1COCCO1)NC1CCCCC1. The van der Waals surface area contributed by atoms with Crippen molar-refractivity contribution in [2.24, 2.45) is 10.7 Å². The van der Waals surface area contributed by atoms with Gasteiger partial charge in [0.25, 0.3) is 0 Å². The van der Waals surface area contributed by atoms with Gasteiger partial charge >= 0.3 is 0 Å². The van der Waals surface area contributed by atoms with Gasteiger partial charge in [-0.2, -0.15) is 0 Å². The second-order valence-corrected chi connectivity index (χ2v) is 4.77. The lowest BCUT2D eigenvalue weighted by molar-refractivity contribution is -0.0832. The first kappa shape index (κ1) is 16.0. The molecule has 5 nitrogen and oxygen atoms in total. The molecule has 0 spiro atoms. The van der Waals surface area contributed by atoms with Crippen molar-refractivity contribution < 1.29 is 9.47 Å². The molecule has 1 saturated heterocycles. The Morgan fingerprint density at radius 1 is 1.22 bits per heavy atom. The minimum atomic E-state index is 0. The highest BCUT2D eigenvalue weighted by molar-refractivity contribution is 14.0. The summed E-state index contributed by atoms with van der Waals surface area (Å²) in [5, 5.41) is 3.29. The van der Waals surface area contributed by atoms with Gasteiger partial charge in [0.15, 0.2) is 5.96 Å². The molecule has 18 heavy (non-hydrogen) atoms. The summed E-state index contributed by atoms with van der Waals surface area (Å²) in [6.07, 6.45) is 6.42. The maximum atomic E-state index is 5.86. The van der Waals surface area contributed by atoms with Gasteiger partial charge in [-0.1, -0.05) is 19.3 Å². The minimum absolute atomic E-state index is 0. The average molecular weight is 369 g/mol. The number of aliphatic imine (C=N–C) groups is 1. The van der Waals surface area contributed by atoms with Crippen LogP contribution in [0, 0.1) is 0 Å². The molecular formula is C12H24IN3O2. The Hall–Kier alpha value is -0.0800. The van der Waals surface area contributed by atoms with Gasteiger partial charge in [-0.15, -0.1) is 24.0 Å². The smallest absolute Gasteiger partial charge is 0.188 e. The van der Waals surface area contributed by atoms with Crippen molar-refractivity contribution in [1.82, 2.24) is 5.32 Å². The molecule has 1 unspecified atom stereocenters. The predicted octanol–water partition coefficient (Wildman–Crippen LogP) is 1.26. The highest BCUT2D eigenvalue weighted by Crippen LogP contribution is 2.16. The maximum Gasteiger partial charge on any atom is 0.188 e. The number of hydrogen-bond acceptors (Lipinski definition) is 3. The summed E-state index contributed by atoms with van der Waals surface area (Å²) in [5.41, 5.74) is 5.86. The second kappa shape index (κ2) is 8.92. The van der Waals surface area contributed by atoms with Crippen molar-refractivity contribution in [3.63, 3.8) is 0 Å². The topological polar surface area (TPSA) is 68.9 Å². The van der Waals surface area contributed by atoms with Crippen LogP contribution in [-0.2, 0) is 9.47 Å². The molecule has 1 heterocycles. The molecular weight excluding hydrogens is 345 g/mol. The van der Waals surface area contributed by atoms with Crippen molar-refractivity contribution in [2.75, 3.05) is 26.4 Å². The molecule has 0 aromatic heterocycles. The monoisotopic (exact) mass is 369 g/mol. The number of rotatable bonds is 3. The van der Waals surface area contributed by atoms with Crippen LogP contribution in [0.2, 0.25) is 0 Å². The third-order valence-corrected chi connectivity index (χ3v) is 3.31. The second-order valence-electron chi connectivity index (χ2n) is 4.77. The molecule has 3 N–H and O–H groups in total. The van der Waals surface area contributed by atoms with Crippen LogP contribution >= 0.6 is 24.0 Å². The first-order valence-electron chi connectivity index (χ1n) is 6.60. The fourth-order valence-electron chi connectivity index (χ4n) is 2.34. The molecule has 1 aliphatic carbocycles. The van der Waals surface area contributed by atoms with Gasteiger partial charge in [0, 0.05) is 6.04 Å². The standard InChI is InChI=1S/C12H23N3O2.HI/c13-12(15-10-4-2-1-3-5-10)14-8-11-9-16-6-7-17-11;/h10-11H,1-9H2,(H3,13,14,15);1H. The van der Waals surface area contributed by atoms with Crippen molar-refractivity contribution >= 4 is 29.9 Å². The maximum absolute atomic E-state index is 5.86. The van der Waals surface area contributed by atoms with E-state index in [0.29, 0.717) is 38.4 Å². The molecule has 0 aromatic carbocycles. The van der Waals surface area contributed by atoms with E-state index >= 15 is 0 Å². The van der Waals surface area contributed by atoms with Gasteiger partial charge in [0.2, 0.25) is 0 Å². The van der Waals surface area contributed by atoms with E-state index in [1.807, 2.05) is 0 Å². The van der Waals surface area contributed by atoms with E-state index in [9.17, 15) is 0 Å². The van der Waals surface area contributed by atoms with Crippen LogP contribution in [0.15, 0.2) is 4.99 Å². The Morgan fingerprint density at radius 3 is 2.67 bits per heavy atom. The van der Waals surface area contributed by atoms with Crippen LogP contribution in [0.25, 0.3) is 0 Å². The Labute approximate surface area is 126 Å². The largest absolute Gasteiger partial charge is 0.376 e. The van der Waals surface area contributed by atoms with Crippen LogP contribution < -0.4 is 11.1 Å². The van der Waals surface area contributed by atoms with Crippen molar-refractivity contribution in [3.8, 4) is 0 Å². The zero-order valence-corrected chi connectivity index (χ0v) is 13.1. The minimum Gasteiger partial charge on any atom is -0.376 e. The Kier molecular flexibility index (Phi) is 7.92. The van der Waals surface area contributed by atoms with Crippen molar-refractivity contribution in [2.45, 2.75) is 44.2 Å². The molecule has 0 bridgehead atoms. The number of guanidine groups is 1. The zero-order chi connectivity index (χ0) is 11.9. The van der Waals surface area contributed by atoms with Crippen LogP contribution in [-0.4, -0.2) is 44.5 Å². The molecule has 0 amide bonds. The molecule has 0 radical (unpaired) electrons. The van der Waals surface area contributed by atoms with Crippen LogP contribution in [0.1, 0.15) is 32.1 Å². The Bertz CT molecular complexity index is 252. The number of ether oxygens (including phenoxy) is 2. The highest BCUT2D eigenvalue weighted by Gasteiger charge is 2.15. The van der Waals surface area contributed by atoms with Crippen LogP contribution in [0.3, 0.4) is 0 Å². The van der Waals surface area contributed by atoms with Gasteiger partial charge in [-0.3, -0.25) is 4.99 Å². The molecule has 1 saturated carbocycles. The summed E-state index contributed by atoms with van der Waals surface area (Å²) >= 11 is 0. The fourth-order valence-corrected chi connectivity index (χ4v) is 2.34. The molecule has 2 rings (SSSR count). The van der Waals surface area contributed by atoms with E-state index in [-0.39, 0.29) is 30.1 Å². The molecule has 2 aliphatic rings. The van der Waals surface area contributed by atoms with Crippen molar-refractivity contribution in [1.29, 1.82) is 0 Å². The quantitative estimate of drug-likeness (QED) is 0.447. The lowest BCUT2D eigenvalue weighted by Gasteiger charge is -2.24. The number of hydrogen-bond donors (Lipinski definition) is 2. The summed E-state index contributed by atoms with van der Waals surface area (Å²) in [5.74, 6) is 0.547. The number of nitrogens with one attached hydrogen (secondary N) is 1. The molecule has 2 fully saturated rings. The summed E-state index contributed by atoms with van der Waals surface area (Å²) in [6.45, 7) is 2.57. The number of nitrogens with two attached hydrogens (primary N) is 1. The van der Waals surface area contributed by atoms with Gasteiger partial charge in [0.05, 0.1) is 26.4 Å². The van der Waals surface area contributed by atoms with E-state index in [1.54, 1.807) is 0 Å². The molecule has 1 atom stereocenters. The third-order valence-electron chi connectivity index (χ3n) is 3.31. The number of nitrogens with zero attached hydrogens (tertiary/aromatic N) is 1. The lowest BCUT2D eigenvalue weighted by atomic mass is 9.96. The van der Waals surface area contributed by atoms with Gasteiger partial charge in [-0.25, -0.2) is 0 Å². The van der Waals surface area contributed by atoms with Gasteiger partial charge < -0.3 is 20.5 Å². The van der Waals surface area contributed by atoms with E-state index in [4.69, 9.17) is 15.2 Å². The van der Waals surface area contributed by atoms with Crippen LogP contribution in [0.5, 0.6) is 0 Å². The molecule has 1 aliphatic heterocycles. The zero-order valence-electron chi connectivity index (χ0n) is 10.8. The Balaban J connectivity index is 0.00000162.